The Morgan fingerprint density at radius 2 is 2.25 bits per heavy atom. The van der Waals surface area contributed by atoms with E-state index in [1.165, 1.54) is 38.5 Å². The molecule has 0 radical (unpaired) electrons. The SMILES string of the molecule is COCCC1/C=C\CCCCC1. The predicted octanol–water partition coefficient (Wildman–Crippen LogP) is 3.16. The van der Waals surface area contributed by atoms with Crippen LogP contribution in [0.3, 0.4) is 0 Å². The van der Waals surface area contributed by atoms with Crippen LogP contribution in [0.2, 0.25) is 0 Å². The average molecular weight is 168 g/mol. The lowest BCUT2D eigenvalue weighted by molar-refractivity contribution is 0.182. The Hall–Kier alpha value is -0.300. The first-order valence-corrected chi connectivity index (χ1v) is 5.09. The molecule has 0 aromatic heterocycles. The van der Waals surface area contributed by atoms with Gasteiger partial charge in [0.2, 0.25) is 0 Å². The monoisotopic (exact) mass is 168 g/mol. The lowest BCUT2D eigenvalue weighted by Gasteiger charge is -2.13. The summed E-state index contributed by atoms with van der Waals surface area (Å²) in [6.45, 7) is 0.912. The van der Waals surface area contributed by atoms with Gasteiger partial charge in [-0.15, -0.1) is 0 Å². The van der Waals surface area contributed by atoms with E-state index in [0.717, 1.165) is 12.5 Å². The fraction of sp³-hybridized carbons (Fsp3) is 0.818. The second kappa shape index (κ2) is 6.24. The third kappa shape index (κ3) is 3.91. The standard InChI is InChI=1S/C11H20O/c1-12-10-9-11-7-5-3-2-4-6-8-11/h5,7,11H,2-4,6,8-10H2,1H3/b7-5-. The van der Waals surface area contributed by atoms with Gasteiger partial charge in [0.05, 0.1) is 0 Å². The zero-order chi connectivity index (χ0) is 8.65. The fourth-order valence-corrected chi connectivity index (χ4v) is 1.74. The van der Waals surface area contributed by atoms with Gasteiger partial charge in [0.25, 0.3) is 0 Å². The van der Waals surface area contributed by atoms with E-state index in [4.69, 9.17) is 4.74 Å². The molecule has 1 atom stereocenters. The maximum absolute atomic E-state index is 5.08. The van der Waals surface area contributed by atoms with E-state index < -0.39 is 0 Å². The quantitative estimate of drug-likeness (QED) is 0.588. The molecule has 0 amide bonds. The molecular formula is C11H20O. The van der Waals surface area contributed by atoms with Crippen molar-refractivity contribution >= 4 is 0 Å². The highest BCUT2D eigenvalue weighted by atomic mass is 16.5. The van der Waals surface area contributed by atoms with E-state index in [0.29, 0.717) is 0 Å². The largest absolute Gasteiger partial charge is 0.385 e. The summed E-state index contributed by atoms with van der Waals surface area (Å²) in [6.07, 6.45) is 12.8. The molecule has 0 saturated heterocycles. The highest BCUT2D eigenvalue weighted by Crippen LogP contribution is 2.19. The summed E-state index contributed by atoms with van der Waals surface area (Å²) < 4.78 is 5.08. The van der Waals surface area contributed by atoms with Crippen LogP contribution in [0, 0.1) is 5.92 Å². The first kappa shape index (κ1) is 9.79. The number of hydrogen-bond donors (Lipinski definition) is 0. The van der Waals surface area contributed by atoms with Crippen LogP contribution in [0.15, 0.2) is 12.2 Å². The van der Waals surface area contributed by atoms with Crippen LogP contribution in [-0.4, -0.2) is 13.7 Å². The molecule has 1 aliphatic rings. The van der Waals surface area contributed by atoms with Crippen molar-refractivity contribution < 1.29 is 4.74 Å². The molecule has 0 aromatic rings. The van der Waals surface area contributed by atoms with Gasteiger partial charge in [0.1, 0.15) is 0 Å². The molecule has 12 heavy (non-hydrogen) atoms. The maximum Gasteiger partial charge on any atom is 0.0467 e. The Balaban J connectivity index is 2.23. The zero-order valence-electron chi connectivity index (χ0n) is 8.09. The van der Waals surface area contributed by atoms with Gasteiger partial charge in [0, 0.05) is 13.7 Å². The van der Waals surface area contributed by atoms with Crippen LogP contribution >= 0.6 is 0 Å². The number of methoxy groups -OCH3 is 1. The summed E-state index contributed by atoms with van der Waals surface area (Å²) in [5, 5.41) is 0. The topological polar surface area (TPSA) is 9.23 Å². The van der Waals surface area contributed by atoms with E-state index in [1.54, 1.807) is 7.11 Å². The predicted molar refractivity (Wildman–Crippen MR) is 52.2 cm³/mol. The van der Waals surface area contributed by atoms with Crippen LogP contribution in [-0.2, 0) is 4.74 Å². The number of allylic oxidation sites excluding steroid dienone is 2. The Kier molecular flexibility index (Phi) is 5.09. The Labute approximate surface area is 75.8 Å². The summed E-state index contributed by atoms with van der Waals surface area (Å²) >= 11 is 0. The molecule has 0 aromatic carbocycles. The van der Waals surface area contributed by atoms with Gasteiger partial charge in [-0.3, -0.25) is 0 Å². The summed E-state index contributed by atoms with van der Waals surface area (Å²) in [6, 6.07) is 0. The van der Waals surface area contributed by atoms with Crippen molar-refractivity contribution in [2.45, 2.75) is 38.5 Å². The lowest BCUT2D eigenvalue weighted by Crippen LogP contribution is -2.02. The smallest absolute Gasteiger partial charge is 0.0467 e. The Morgan fingerprint density at radius 3 is 3.08 bits per heavy atom. The van der Waals surface area contributed by atoms with Gasteiger partial charge < -0.3 is 4.74 Å². The summed E-state index contributed by atoms with van der Waals surface area (Å²) in [7, 11) is 1.78. The molecule has 1 unspecified atom stereocenters. The van der Waals surface area contributed by atoms with Crippen molar-refractivity contribution in [2.24, 2.45) is 5.92 Å². The molecule has 0 fully saturated rings. The number of rotatable bonds is 3. The summed E-state index contributed by atoms with van der Waals surface area (Å²) in [4.78, 5) is 0. The lowest BCUT2D eigenvalue weighted by atomic mass is 9.94. The van der Waals surface area contributed by atoms with E-state index >= 15 is 0 Å². The minimum atomic E-state index is 0.783. The van der Waals surface area contributed by atoms with Crippen molar-refractivity contribution in [3.8, 4) is 0 Å². The van der Waals surface area contributed by atoms with Gasteiger partial charge >= 0.3 is 0 Å². The van der Waals surface area contributed by atoms with E-state index in [-0.39, 0.29) is 0 Å². The zero-order valence-corrected chi connectivity index (χ0v) is 8.09. The molecular weight excluding hydrogens is 148 g/mol. The molecule has 70 valence electrons. The van der Waals surface area contributed by atoms with Crippen molar-refractivity contribution in [3.05, 3.63) is 12.2 Å². The molecule has 0 aliphatic heterocycles. The first-order chi connectivity index (χ1) is 5.93. The van der Waals surface area contributed by atoms with Crippen LogP contribution < -0.4 is 0 Å². The molecule has 0 heterocycles. The Bertz CT molecular complexity index is 129. The minimum absolute atomic E-state index is 0.783. The molecule has 1 nitrogen and oxygen atoms in total. The highest BCUT2D eigenvalue weighted by molar-refractivity contribution is 4.89. The van der Waals surface area contributed by atoms with E-state index in [2.05, 4.69) is 12.2 Å². The summed E-state index contributed by atoms with van der Waals surface area (Å²) in [5.41, 5.74) is 0. The van der Waals surface area contributed by atoms with Crippen LogP contribution in [0.1, 0.15) is 38.5 Å². The number of hydrogen-bond acceptors (Lipinski definition) is 1. The molecule has 0 spiro atoms. The van der Waals surface area contributed by atoms with Crippen molar-refractivity contribution in [1.29, 1.82) is 0 Å². The second-order valence-corrected chi connectivity index (χ2v) is 3.61. The van der Waals surface area contributed by atoms with Crippen molar-refractivity contribution in [1.82, 2.24) is 0 Å². The molecule has 0 N–H and O–H groups in total. The van der Waals surface area contributed by atoms with Gasteiger partial charge in [-0.2, -0.15) is 0 Å². The molecule has 1 rings (SSSR count). The third-order valence-electron chi connectivity index (χ3n) is 2.55. The van der Waals surface area contributed by atoms with Crippen LogP contribution in [0.5, 0.6) is 0 Å². The van der Waals surface area contributed by atoms with E-state index in [9.17, 15) is 0 Å². The fourth-order valence-electron chi connectivity index (χ4n) is 1.74. The average Bonchev–Trinajstić information content (AvgIpc) is 2.02. The Morgan fingerprint density at radius 1 is 1.33 bits per heavy atom. The van der Waals surface area contributed by atoms with Crippen LogP contribution in [0.4, 0.5) is 0 Å². The van der Waals surface area contributed by atoms with E-state index in [1.807, 2.05) is 0 Å². The van der Waals surface area contributed by atoms with Gasteiger partial charge in [0.15, 0.2) is 0 Å². The van der Waals surface area contributed by atoms with Gasteiger partial charge in [-0.05, 0) is 31.6 Å². The van der Waals surface area contributed by atoms with Crippen LogP contribution in [0.25, 0.3) is 0 Å². The van der Waals surface area contributed by atoms with Gasteiger partial charge in [-0.25, -0.2) is 0 Å². The normalized spacial score (nSPS) is 27.6. The van der Waals surface area contributed by atoms with Crippen molar-refractivity contribution in [3.63, 3.8) is 0 Å². The van der Waals surface area contributed by atoms with Crippen molar-refractivity contribution in [2.75, 3.05) is 13.7 Å². The highest BCUT2D eigenvalue weighted by Gasteiger charge is 2.05. The first-order valence-electron chi connectivity index (χ1n) is 5.09. The number of ether oxygens (including phenoxy) is 1. The maximum atomic E-state index is 5.08. The molecule has 0 bridgehead atoms. The van der Waals surface area contributed by atoms with Gasteiger partial charge in [-0.1, -0.05) is 25.0 Å². The third-order valence-corrected chi connectivity index (χ3v) is 2.55. The molecule has 1 heteroatoms. The minimum Gasteiger partial charge on any atom is -0.385 e. The molecule has 1 aliphatic carbocycles. The molecule has 0 saturated carbocycles. The summed E-state index contributed by atoms with van der Waals surface area (Å²) in [5.74, 6) is 0.783. The second-order valence-electron chi connectivity index (χ2n) is 3.61.